The van der Waals surface area contributed by atoms with E-state index < -0.39 is 0 Å². The number of benzene rings is 1. The van der Waals surface area contributed by atoms with Crippen molar-refractivity contribution in [3.8, 4) is 5.75 Å². The monoisotopic (exact) mass is 260 g/mol. The Balaban J connectivity index is 2.78. The van der Waals surface area contributed by atoms with Crippen LogP contribution in [-0.2, 0) is 7.05 Å². The Kier molecular flexibility index (Phi) is 3.85. The Labute approximate surface area is 115 Å². The fourth-order valence-electron chi connectivity index (χ4n) is 2.99. The molecule has 3 nitrogen and oxygen atoms in total. The van der Waals surface area contributed by atoms with Gasteiger partial charge in [-0.15, -0.1) is 0 Å². The van der Waals surface area contributed by atoms with Gasteiger partial charge >= 0.3 is 0 Å². The average Bonchev–Trinajstić information content (AvgIpc) is 2.64. The first kappa shape index (κ1) is 13.9. The molecule has 2 N–H and O–H groups in total. The molecule has 0 saturated heterocycles. The molecule has 0 spiro atoms. The number of nitrogens with two attached hydrogens (primary N) is 1. The molecule has 0 aliphatic heterocycles. The van der Waals surface area contributed by atoms with Crippen molar-refractivity contribution < 1.29 is 4.74 Å². The Morgan fingerprint density at radius 3 is 2.53 bits per heavy atom. The van der Waals surface area contributed by atoms with Crippen LogP contribution in [0.3, 0.4) is 0 Å². The summed E-state index contributed by atoms with van der Waals surface area (Å²) in [5.41, 5.74) is 9.82. The molecule has 0 saturated carbocycles. The Morgan fingerprint density at radius 1 is 1.32 bits per heavy atom. The van der Waals surface area contributed by atoms with Crippen LogP contribution in [0.5, 0.6) is 5.75 Å². The summed E-state index contributed by atoms with van der Waals surface area (Å²) in [7, 11) is 3.82. The van der Waals surface area contributed by atoms with Gasteiger partial charge in [0.25, 0.3) is 0 Å². The predicted octanol–water partition coefficient (Wildman–Crippen LogP) is 3.19. The number of fused-ring (bicyclic) bond motifs is 1. The van der Waals surface area contributed by atoms with E-state index in [9.17, 15) is 0 Å². The summed E-state index contributed by atoms with van der Waals surface area (Å²) in [5.74, 6) is 1.84. The molecule has 0 aliphatic carbocycles. The Morgan fingerprint density at radius 2 is 2.00 bits per heavy atom. The smallest absolute Gasteiger partial charge is 0.143 e. The maximum Gasteiger partial charge on any atom is 0.143 e. The lowest BCUT2D eigenvalue weighted by atomic mass is 9.87. The van der Waals surface area contributed by atoms with Gasteiger partial charge in [-0.2, -0.15) is 0 Å². The standard InChI is InChI=1S/C16H24N2O/c1-10(2)13(9-17)15-11(3)18(4)16-12(15)7-6-8-14(16)19-5/h6-8,10,13H,9,17H2,1-5H3. The van der Waals surface area contributed by atoms with Crippen molar-refractivity contribution in [3.05, 3.63) is 29.5 Å². The van der Waals surface area contributed by atoms with Crippen molar-refractivity contribution in [1.29, 1.82) is 0 Å². The third-order valence-corrected chi connectivity index (χ3v) is 4.17. The van der Waals surface area contributed by atoms with Gasteiger partial charge < -0.3 is 15.0 Å². The molecule has 3 heteroatoms. The van der Waals surface area contributed by atoms with Crippen molar-refractivity contribution in [2.75, 3.05) is 13.7 Å². The zero-order chi connectivity index (χ0) is 14.2. The van der Waals surface area contributed by atoms with E-state index in [0.717, 1.165) is 11.3 Å². The molecule has 1 unspecified atom stereocenters. The van der Waals surface area contributed by atoms with Gasteiger partial charge in [-0.05, 0) is 31.0 Å². The van der Waals surface area contributed by atoms with Crippen molar-refractivity contribution >= 4 is 10.9 Å². The van der Waals surface area contributed by atoms with E-state index in [2.05, 4.69) is 44.5 Å². The third kappa shape index (κ3) is 2.12. The molecule has 19 heavy (non-hydrogen) atoms. The summed E-state index contributed by atoms with van der Waals surface area (Å²) in [6.45, 7) is 7.31. The molecule has 2 rings (SSSR count). The zero-order valence-corrected chi connectivity index (χ0v) is 12.5. The number of methoxy groups -OCH3 is 1. The van der Waals surface area contributed by atoms with E-state index in [0.29, 0.717) is 18.4 Å². The number of aryl methyl sites for hydroxylation is 1. The van der Waals surface area contributed by atoms with Crippen LogP contribution in [0.1, 0.15) is 31.0 Å². The molecule has 0 amide bonds. The van der Waals surface area contributed by atoms with Crippen LogP contribution in [-0.4, -0.2) is 18.2 Å². The highest BCUT2D eigenvalue weighted by molar-refractivity contribution is 5.91. The van der Waals surface area contributed by atoms with Crippen LogP contribution in [0.15, 0.2) is 18.2 Å². The van der Waals surface area contributed by atoms with Crippen LogP contribution in [0.2, 0.25) is 0 Å². The van der Waals surface area contributed by atoms with Gasteiger partial charge in [0.1, 0.15) is 5.75 Å². The van der Waals surface area contributed by atoms with Crippen molar-refractivity contribution in [3.63, 3.8) is 0 Å². The van der Waals surface area contributed by atoms with Gasteiger partial charge in [-0.1, -0.05) is 26.0 Å². The molecule has 0 radical (unpaired) electrons. The van der Waals surface area contributed by atoms with Crippen LogP contribution >= 0.6 is 0 Å². The van der Waals surface area contributed by atoms with E-state index >= 15 is 0 Å². The molecule has 1 atom stereocenters. The lowest BCUT2D eigenvalue weighted by Gasteiger charge is -2.20. The van der Waals surface area contributed by atoms with E-state index in [-0.39, 0.29) is 0 Å². The number of hydrogen-bond acceptors (Lipinski definition) is 2. The van der Waals surface area contributed by atoms with E-state index in [1.54, 1.807) is 7.11 Å². The number of hydrogen-bond donors (Lipinski definition) is 1. The van der Waals surface area contributed by atoms with Crippen LogP contribution in [0.25, 0.3) is 10.9 Å². The summed E-state index contributed by atoms with van der Waals surface area (Å²) in [4.78, 5) is 0. The van der Waals surface area contributed by atoms with Crippen molar-refractivity contribution in [1.82, 2.24) is 4.57 Å². The second-order valence-electron chi connectivity index (χ2n) is 5.50. The highest BCUT2D eigenvalue weighted by Crippen LogP contribution is 2.38. The molecule has 0 fully saturated rings. The number of aromatic nitrogens is 1. The van der Waals surface area contributed by atoms with Gasteiger partial charge in [-0.3, -0.25) is 0 Å². The number of rotatable bonds is 4. The summed E-state index contributed by atoms with van der Waals surface area (Å²) < 4.78 is 7.72. The third-order valence-electron chi connectivity index (χ3n) is 4.17. The minimum atomic E-state index is 0.385. The van der Waals surface area contributed by atoms with E-state index in [4.69, 9.17) is 10.5 Å². The quantitative estimate of drug-likeness (QED) is 0.917. The van der Waals surface area contributed by atoms with Crippen molar-refractivity contribution in [2.45, 2.75) is 26.7 Å². The van der Waals surface area contributed by atoms with Gasteiger partial charge in [0.15, 0.2) is 0 Å². The first-order chi connectivity index (χ1) is 9.02. The molecular weight excluding hydrogens is 236 g/mol. The van der Waals surface area contributed by atoms with Gasteiger partial charge in [0.05, 0.1) is 12.6 Å². The highest BCUT2D eigenvalue weighted by atomic mass is 16.5. The minimum absolute atomic E-state index is 0.385. The van der Waals surface area contributed by atoms with E-state index in [1.165, 1.54) is 16.6 Å². The van der Waals surface area contributed by atoms with Crippen LogP contribution in [0.4, 0.5) is 0 Å². The van der Waals surface area contributed by atoms with Gasteiger partial charge in [-0.25, -0.2) is 0 Å². The molecule has 1 aromatic carbocycles. The Hall–Kier alpha value is -1.48. The molecule has 1 heterocycles. The Bertz CT molecular complexity index is 584. The average molecular weight is 260 g/mol. The summed E-state index contributed by atoms with van der Waals surface area (Å²) >= 11 is 0. The maximum atomic E-state index is 6.00. The first-order valence-electron chi connectivity index (χ1n) is 6.84. The maximum absolute atomic E-state index is 6.00. The molecule has 0 bridgehead atoms. The van der Waals surface area contributed by atoms with Crippen LogP contribution < -0.4 is 10.5 Å². The van der Waals surface area contributed by atoms with Crippen LogP contribution in [0, 0.1) is 12.8 Å². The zero-order valence-electron chi connectivity index (χ0n) is 12.5. The fraction of sp³-hybridized carbons (Fsp3) is 0.500. The SMILES string of the molecule is COc1cccc2c(C(CN)C(C)C)c(C)n(C)c12. The topological polar surface area (TPSA) is 40.2 Å². The first-order valence-corrected chi connectivity index (χ1v) is 6.84. The summed E-state index contributed by atoms with van der Waals surface area (Å²) in [6.07, 6.45) is 0. The van der Waals surface area contributed by atoms with Gasteiger partial charge in [0.2, 0.25) is 0 Å². The molecular formula is C16H24N2O. The molecule has 1 aromatic heterocycles. The minimum Gasteiger partial charge on any atom is -0.495 e. The number of para-hydroxylation sites is 1. The predicted molar refractivity (Wildman–Crippen MR) is 80.8 cm³/mol. The lowest BCUT2D eigenvalue weighted by molar-refractivity contribution is 0.418. The highest BCUT2D eigenvalue weighted by Gasteiger charge is 2.23. The van der Waals surface area contributed by atoms with Crippen molar-refractivity contribution in [2.24, 2.45) is 18.7 Å². The second-order valence-corrected chi connectivity index (χ2v) is 5.50. The molecule has 0 aliphatic rings. The van der Waals surface area contributed by atoms with Gasteiger partial charge in [0, 0.05) is 24.0 Å². The number of ether oxygens (including phenoxy) is 1. The lowest BCUT2D eigenvalue weighted by Crippen LogP contribution is -2.18. The van der Waals surface area contributed by atoms with E-state index in [1.807, 2.05) is 6.07 Å². The largest absolute Gasteiger partial charge is 0.495 e. The summed E-state index contributed by atoms with van der Waals surface area (Å²) in [6, 6.07) is 6.24. The second kappa shape index (κ2) is 5.25. The fourth-order valence-corrected chi connectivity index (χ4v) is 2.99. The number of nitrogens with zero attached hydrogens (tertiary/aromatic N) is 1. The molecule has 2 aromatic rings. The molecule has 104 valence electrons. The summed E-state index contributed by atoms with van der Waals surface area (Å²) in [5, 5.41) is 1.27. The normalized spacial score (nSPS) is 13.2.